The fourth-order valence-electron chi connectivity index (χ4n) is 3.78. The molecule has 2 aromatic rings. The Kier molecular flexibility index (Phi) is 7.09. The summed E-state index contributed by atoms with van der Waals surface area (Å²) in [4.78, 5) is 0. The maximum atomic E-state index is 12.9. The fourth-order valence-corrected chi connectivity index (χ4v) is 6.87. The third kappa shape index (κ3) is 5.85. The molecule has 26 heavy (non-hydrogen) atoms. The van der Waals surface area contributed by atoms with Crippen LogP contribution in [0.5, 0.6) is 0 Å². The van der Waals surface area contributed by atoms with E-state index >= 15 is 0 Å². The van der Waals surface area contributed by atoms with E-state index in [2.05, 4.69) is 43.0 Å². The predicted octanol–water partition coefficient (Wildman–Crippen LogP) is 6.47. The van der Waals surface area contributed by atoms with Gasteiger partial charge in [0, 0.05) is 19.9 Å². The molecule has 0 aliphatic carbocycles. The van der Waals surface area contributed by atoms with Gasteiger partial charge in [-0.15, -0.1) is 0 Å². The lowest BCUT2D eigenvalue weighted by molar-refractivity contribution is 0.437. The molecule has 1 aliphatic heterocycles. The third-order valence-electron chi connectivity index (χ3n) is 5.41. The van der Waals surface area contributed by atoms with Crippen LogP contribution in [-0.4, -0.2) is 8.80 Å². The summed E-state index contributed by atoms with van der Waals surface area (Å²) in [5.41, 5.74) is 3.28. The van der Waals surface area contributed by atoms with Gasteiger partial charge in [-0.2, -0.15) is 0 Å². The van der Waals surface area contributed by atoms with Crippen molar-refractivity contribution >= 4 is 8.80 Å². The van der Waals surface area contributed by atoms with Crippen molar-refractivity contribution in [3.63, 3.8) is 0 Å². The Balaban J connectivity index is 1.47. The Morgan fingerprint density at radius 2 is 1.50 bits per heavy atom. The van der Waals surface area contributed by atoms with Crippen LogP contribution in [0.1, 0.15) is 49.3 Å². The van der Waals surface area contributed by atoms with Crippen molar-refractivity contribution in [1.29, 1.82) is 0 Å². The van der Waals surface area contributed by atoms with Crippen LogP contribution in [0.4, 0.5) is 4.39 Å². The normalized spacial score (nSPS) is 15.5. The molecule has 0 bridgehead atoms. The van der Waals surface area contributed by atoms with Gasteiger partial charge in [0.2, 0.25) is 0 Å². The summed E-state index contributed by atoms with van der Waals surface area (Å²) < 4.78 is 12.9. The van der Waals surface area contributed by atoms with E-state index in [1.54, 1.807) is 24.2 Å². The Morgan fingerprint density at radius 1 is 0.923 bits per heavy atom. The second-order valence-corrected chi connectivity index (χ2v) is 10.4. The second-order valence-electron chi connectivity index (χ2n) is 7.44. The van der Waals surface area contributed by atoms with Gasteiger partial charge in [-0.1, -0.05) is 68.3 Å². The average Bonchev–Trinajstić information content (AvgIpc) is 2.68. The molecule has 3 rings (SSSR count). The SMILES string of the molecule is CCC[Si]1CCC(CCc2ccc(C#Cc3ccc(F)cc3)cc2)CC1. The van der Waals surface area contributed by atoms with Crippen LogP contribution < -0.4 is 0 Å². The van der Waals surface area contributed by atoms with Crippen molar-refractivity contribution in [2.45, 2.75) is 57.2 Å². The smallest absolute Gasteiger partial charge is 0.123 e. The first-order valence-corrected chi connectivity index (χ1v) is 12.0. The predicted molar refractivity (Wildman–Crippen MR) is 110 cm³/mol. The second kappa shape index (κ2) is 9.74. The highest BCUT2D eigenvalue weighted by Crippen LogP contribution is 2.30. The van der Waals surface area contributed by atoms with Crippen molar-refractivity contribution in [3.8, 4) is 11.8 Å². The summed E-state index contributed by atoms with van der Waals surface area (Å²) >= 11 is 0. The number of hydrogen-bond donors (Lipinski definition) is 0. The summed E-state index contributed by atoms with van der Waals surface area (Å²) in [5, 5.41) is 0. The van der Waals surface area contributed by atoms with E-state index in [1.165, 1.54) is 55.8 Å². The van der Waals surface area contributed by atoms with E-state index in [-0.39, 0.29) is 14.6 Å². The molecular weight excluding hydrogens is 335 g/mol. The molecule has 1 fully saturated rings. The molecule has 0 atom stereocenters. The van der Waals surface area contributed by atoms with Crippen LogP contribution in [0, 0.1) is 23.6 Å². The average molecular weight is 364 g/mol. The molecule has 1 aliphatic rings. The zero-order chi connectivity index (χ0) is 18.2. The van der Waals surface area contributed by atoms with Crippen molar-refractivity contribution in [3.05, 3.63) is 71.0 Å². The lowest BCUT2D eigenvalue weighted by Gasteiger charge is -2.27. The van der Waals surface area contributed by atoms with Crippen molar-refractivity contribution < 1.29 is 4.39 Å². The van der Waals surface area contributed by atoms with Gasteiger partial charge in [0.05, 0.1) is 0 Å². The minimum Gasteiger partial charge on any atom is -0.207 e. The van der Waals surface area contributed by atoms with E-state index in [0.717, 1.165) is 17.0 Å². The number of rotatable bonds is 5. The molecule has 0 saturated carbocycles. The molecular formula is C24H28FSi. The largest absolute Gasteiger partial charge is 0.207 e. The highest BCUT2D eigenvalue weighted by atomic mass is 28.3. The van der Waals surface area contributed by atoms with Crippen LogP contribution in [0.2, 0.25) is 18.1 Å². The topological polar surface area (TPSA) is 0 Å². The standard InChI is InChI=1S/C24H28FSi/c1-2-17-26-18-15-23(16-19-26)10-9-21-5-3-20(4-6-21)7-8-22-11-13-24(25)14-12-22/h3-6,11-14,23H,2,9-10,15-19H2,1H3. The first-order valence-electron chi connectivity index (χ1n) is 9.93. The number of halogens is 1. The van der Waals surface area contributed by atoms with Gasteiger partial charge in [0.1, 0.15) is 5.82 Å². The van der Waals surface area contributed by atoms with Gasteiger partial charge in [-0.25, -0.2) is 4.39 Å². The lowest BCUT2D eigenvalue weighted by Crippen LogP contribution is -2.21. The van der Waals surface area contributed by atoms with E-state index in [4.69, 9.17) is 0 Å². The van der Waals surface area contributed by atoms with Crippen molar-refractivity contribution in [2.24, 2.45) is 5.92 Å². The number of hydrogen-bond acceptors (Lipinski definition) is 0. The monoisotopic (exact) mass is 363 g/mol. The molecule has 0 amide bonds. The Morgan fingerprint density at radius 3 is 2.08 bits per heavy atom. The van der Waals surface area contributed by atoms with Crippen molar-refractivity contribution in [2.75, 3.05) is 0 Å². The molecule has 1 heterocycles. The quantitative estimate of drug-likeness (QED) is 0.422. The lowest BCUT2D eigenvalue weighted by atomic mass is 9.94. The zero-order valence-electron chi connectivity index (χ0n) is 15.7. The number of aryl methyl sites for hydroxylation is 1. The first-order chi connectivity index (χ1) is 12.7. The molecule has 1 saturated heterocycles. The summed E-state index contributed by atoms with van der Waals surface area (Å²) in [7, 11) is 0.0137. The van der Waals surface area contributed by atoms with Gasteiger partial charge in [0.25, 0.3) is 0 Å². The van der Waals surface area contributed by atoms with Crippen LogP contribution in [0.3, 0.4) is 0 Å². The first kappa shape index (κ1) is 18.9. The fraction of sp³-hybridized carbons (Fsp3) is 0.417. The van der Waals surface area contributed by atoms with Gasteiger partial charge in [-0.05, 0) is 60.7 Å². The molecule has 0 N–H and O–H groups in total. The van der Waals surface area contributed by atoms with E-state index in [9.17, 15) is 4.39 Å². The summed E-state index contributed by atoms with van der Waals surface area (Å²) in [6.45, 7) is 2.33. The molecule has 2 aromatic carbocycles. The maximum absolute atomic E-state index is 12.9. The molecule has 1 radical (unpaired) electrons. The highest BCUT2D eigenvalue weighted by molar-refractivity contribution is 6.58. The van der Waals surface area contributed by atoms with E-state index < -0.39 is 0 Å². The molecule has 0 nitrogen and oxygen atoms in total. The summed E-state index contributed by atoms with van der Waals surface area (Å²) in [6, 6.07) is 19.6. The molecule has 0 unspecified atom stereocenters. The minimum absolute atomic E-state index is 0.0137. The molecule has 0 aromatic heterocycles. The molecule has 0 spiro atoms. The van der Waals surface area contributed by atoms with Crippen molar-refractivity contribution in [1.82, 2.24) is 0 Å². The van der Waals surface area contributed by atoms with E-state index in [1.807, 2.05) is 0 Å². The minimum atomic E-state index is -0.222. The van der Waals surface area contributed by atoms with Crippen LogP contribution in [0.15, 0.2) is 48.5 Å². The zero-order valence-corrected chi connectivity index (χ0v) is 16.7. The van der Waals surface area contributed by atoms with Gasteiger partial charge in [-0.3, -0.25) is 0 Å². The summed E-state index contributed by atoms with van der Waals surface area (Å²) in [5.74, 6) is 6.97. The van der Waals surface area contributed by atoms with Crippen LogP contribution in [0.25, 0.3) is 0 Å². The third-order valence-corrected chi connectivity index (χ3v) is 8.61. The van der Waals surface area contributed by atoms with Crippen LogP contribution in [-0.2, 0) is 6.42 Å². The van der Waals surface area contributed by atoms with Gasteiger partial charge < -0.3 is 0 Å². The Labute approximate surface area is 159 Å². The highest BCUT2D eigenvalue weighted by Gasteiger charge is 2.21. The Hall–Kier alpha value is -1.85. The van der Waals surface area contributed by atoms with Gasteiger partial charge in [0.15, 0.2) is 0 Å². The van der Waals surface area contributed by atoms with Crippen LogP contribution >= 0.6 is 0 Å². The van der Waals surface area contributed by atoms with E-state index in [0.29, 0.717) is 0 Å². The number of benzene rings is 2. The Bertz CT molecular complexity index is 729. The molecule has 135 valence electrons. The molecule has 2 heteroatoms. The summed E-state index contributed by atoms with van der Waals surface area (Å²) in [6.07, 6.45) is 6.84. The van der Waals surface area contributed by atoms with Gasteiger partial charge >= 0.3 is 0 Å². The maximum Gasteiger partial charge on any atom is 0.123 e.